The highest BCUT2D eigenvalue weighted by atomic mass is 14.3. The average molecular weight is 483 g/mol. The lowest BCUT2D eigenvalue weighted by Crippen LogP contribution is -1.89. The maximum absolute atomic E-state index is 2.45. The van der Waals surface area contributed by atoms with E-state index < -0.39 is 0 Å². The van der Waals surface area contributed by atoms with Crippen molar-refractivity contribution in [1.82, 2.24) is 0 Å². The fourth-order valence-electron chi connectivity index (χ4n) is 6.57. The maximum Gasteiger partial charge on any atom is -0.00172 e. The van der Waals surface area contributed by atoms with Crippen LogP contribution in [0.15, 0.2) is 121 Å². The van der Waals surface area contributed by atoms with Crippen LogP contribution >= 0.6 is 0 Å². The van der Waals surface area contributed by atoms with Gasteiger partial charge in [0, 0.05) is 0 Å². The Balaban J connectivity index is 1.46. The maximum atomic E-state index is 2.45. The summed E-state index contributed by atoms with van der Waals surface area (Å²) in [5.41, 5.74) is 13.1. The van der Waals surface area contributed by atoms with Crippen molar-refractivity contribution < 1.29 is 0 Å². The molecule has 0 aromatic heterocycles. The lowest BCUT2D eigenvalue weighted by molar-refractivity contribution is 1.51. The summed E-state index contributed by atoms with van der Waals surface area (Å²) >= 11 is 0. The van der Waals surface area contributed by atoms with Crippen molar-refractivity contribution in [2.45, 2.75) is 13.8 Å². The second-order valence-electron chi connectivity index (χ2n) is 10.7. The summed E-state index contributed by atoms with van der Waals surface area (Å²) in [6.45, 7) is 4.44. The molecular formula is C38H26. The second kappa shape index (κ2) is 7.91. The number of benzene rings is 7. The first kappa shape index (κ1) is 21.4. The molecule has 0 saturated carbocycles. The summed E-state index contributed by atoms with van der Waals surface area (Å²) in [5, 5.41) is 8.04. The summed E-state index contributed by atoms with van der Waals surface area (Å²) < 4.78 is 0. The van der Waals surface area contributed by atoms with E-state index in [1.165, 1.54) is 88.0 Å². The molecule has 0 amide bonds. The summed E-state index contributed by atoms with van der Waals surface area (Å²) in [4.78, 5) is 0. The Morgan fingerprint density at radius 2 is 1.00 bits per heavy atom. The van der Waals surface area contributed by atoms with Crippen molar-refractivity contribution in [2.75, 3.05) is 0 Å². The van der Waals surface area contributed by atoms with E-state index in [-0.39, 0.29) is 0 Å². The van der Waals surface area contributed by atoms with Gasteiger partial charge < -0.3 is 0 Å². The third kappa shape index (κ3) is 2.98. The Kier molecular flexibility index (Phi) is 4.46. The smallest absolute Gasteiger partial charge is 0.00172 e. The van der Waals surface area contributed by atoms with Gasteiger partial charge in [0.1, 0.15) is 0 Å². The standard InChI is InChI=1S/C38H26/c1-23-12-18-29-33(20-23)32(27-16-14-26(15-17-27)25-8-4-3-5-9-25)21-35-31-19-13-24(2)37-30-11-7-6-10-28(30)36(38(31)37)22-34(29)35/h3-22H,1-2H3. The van der Waals surface area contributed by atoms with E-state index in [1.54, 1.807) is 0 Å². The summed E-state index contributed by atoms with van der Waals surface area (Å²) in [5.74, 6) is 0. The van der Waals surface area contributed by atoms with E-state index in [0.717, 1.165) is 0 Å². The molecule has 0 N–H and O–H groups in total. The van der Waals surface area contributed by atoms with Crippen molar-refractivity contribution in [1.29, 1.82) is 0 Å². The monoisotopic (exact) mass is 482 g/mol. The average Bonchev–Trinajstić information content (AvgIpc) is 3.30. The largest absolute Gasteiger partial charge is 0.0622 e. The van der Waals surface area contributed by atoms with Gasteiger partial charge in [0.2, 0.25) is 0 Å². The summed E-state index contributed by atoms with van der Waals surface area (Å²) in [7, 11) is 0. The number of fused-ring (bicyclic) bond motifs is 7. The normalized spacial score (nSPS) is 11.9. The molecule has 1 aliphatic carbocycles. The van der Waals surface area contributed by atoms with Crippen LogP contribution in [-0.2, 0) is 0 Å². The molecule has 0 fully saturated rings. The number of aryl methyl sites for hydroxylation is 2. The van der Waals surface area contributed by atoms with Crippen LogP contribution < -0.4 is 0 Å². The zero-order valence-electron chi connectivity index (χ0n) is 21.5. The Hall–Kier alpha value is -4.68. The molecule has 178 valence electrons. The van der Waals surface area contributed by atoms with Crippen LogP contribution in [0.2, 0.25) is 0 Å². The summed E-state index contributed by atoms with van der Waals surface area (Å²) in [6, 6.07) is 45.0. The molecule has 0 heterocycles. The van der Waals surface area contributed by atoms with Gasteiger partial charge in [-0.15, -0.1) is 0 Å². The first-order valence-electron chi connectivity index (χ1n) is 13.4. The van der Waals surface area contributed by atoms with Gasteiger partial charge >= 0.3 is 0 Å². The van der Waals surface area contributed by atoms with Crippen LogP contribution in [0.3, 0.4) is 0 Å². The van der Waals surface area contributed by atoms with E-state index >= 15 is 0 Å². The van der Waals surface area contributed by atoms with Crippen LogP contribution in [0.5, 0.6) is 0 Å². The van der Waals surface area contributed by atoms with E-state index in [9.17, 15) is 0 Å². The van der Waals surface area contributed by atoms with Crippen LogP contribution in [0, 0.1) is 13.8 Å². The highest BCUT2D eigenvalue weighted by Crippen LogP contribution is 2.52. The van der Waals surface area contributed by atoms with Gasteiger partial charge in [-0.05, 0) is 108 Å². The first-order chi connectivity index (χ1) is 18.7. The fourth-order valence-corrected chi connectivity index (χ4v) is 6.57. The molecule has 0 saturated heterocycles. The SMILES string of the molecule is Cc1ccc2c(c1)c(-c1ccc(-c3ccccc3)cc1)cc1c3ccc(C)c4c3c(cc21)-c1ccccc1-4. The van der Waals surface area contributed by atoms with Crippen molar-refractivity contribution in [3.8, 4) is 44.5 Å². The van der Waals surface area contributed by atoms with Gasteiger partial charge in [-0.3, -0.25) is 0 Å². The topological polar surface area (TPSA) is 0 Å². The minimum atomic E-state index is 1.24. The predicted molar refractivity (Wildman–Crippen MR) is 164 cm³/mol. The van der Waals surface area contributed by atoms with Gasteiger partial charge in [-0.25, -0.2) is 0 Å². The molecule has 0 atom stereocenters. The number of hydrogen-bond donors (Lipinski definition) is 0. The highest BCUT2D eigenvalue weighted by molar-refractivity contribution is 6.29. The third-order valence-corrected chi connectivity index (χ3v) is 8.39. The first-order valence-corrected chi connectivity index (χ1v) is 13.4. The molecule has 1 aliphatic rings. The summed E-state index contributed by atoms with van der Waals surface area (Å²) in [6.07, 6.45) is 0. The van der Waals surface area contributed by atoms with Crippen LogP contribution in [0.1, 0.15) is 11.1 Å². The lowest BCUT2D eigenvalue weighted by Gasteiger charge is -2.16. The lowest BCUT2D eigenvalue weighted by atomic mass is 9.87. The predicted octanol–water partition coefficient (Wildman–Crippen LogP) is 10.7. The van der Waals surface area contributed by atoms with Crippen molar-refractivity contribution >= 4 is 32.3 Å². The van der Waals surface area contributed by atoms with Gasteiger partial charge in [0.15, 0.2) is 0 Å². The third-order valence-electron chi connectivity index (χ3n) is 8.39. The van der Waals surface area contributed by atoms with E-state index in [0.29, 0.717) is 0 Å². The molecule has 0 spiro atoms. The molecule has 0 bridgehead atoms. The molecule has 0 unspecified atom stereocenters. The zero-order chi connectivity index (χ0) is 25.4. The second-order valence-corrected chi connectivity index (χ2v) is 10.7. The minimum Gasteiger partial charge on any atom is -0.0622 e. The van der Waals surface area contributed by atoms with Gasteiger partial charge in [-0.1, -0.05) is 115 Å². The van der Waals surface area contributed by atoms with Gasteiger partial charge in [-0.2, -0.15) is 0 Å². The Morgan fingerprint density at radius 3 is 1.82 bits per heavy atom. The molecule has 0 radical (unpaired) electrons. The zero-order valence-corrected chi connectivity index (χ0v) is 21.5. The molecule has 8 rings (SSSR count). The quantitative estimate of drug-likeness (QED) is 0.215. The molecular weight excluding hydrogens is 456 g/mol. The van der Waals surface area contributed by atoms with E-state index in [2.05, 4.69) is 135 Å². The van der Waals surface area contributed by atoms with E-state index in [1.807, 2.05) is 0 Å². The van der Waals surface area contributed by atoms with Crippen molar-refractivity contribution in [3.05, 3.63) is 132 Å². The number of rotatable bonds is 2. The Bertz CT molecular complexity index is 2060. The Labute approximate surface area is 222 Å². The van der Waals surface area contributed by atoms with Crippen LogP contribution in [-0.4, -0.2) is 0 Å². The fraction of sp³-hybridized carbons (Fsp3) is 0.0526. The molecule has 0 aliphatic heterocycles. The van der Waals surface area contributed by atoms with Gasteiger partial charge in [0.25, 0.3) is 0 Å². The van der Waals surface area contributed by atoms with Crippen LogP contribution in [0.4, 0.5) is 0 Å². The molecule has 0 nitrogen and oxygen atoms in total. The minimum absolute atomic E-state index is 1.24. The number of hydrogen-bond acceptors (Lipinski definition) is 0. The molecule has 38 heavy (non-hydrogen) atoms. The molecule has 7 aromatic carbocycles. The molecule has 7 aromatic rings. The highest BCUT2D eigenvalue weighted by Gasteiger charge is 2.25. The van der Waals surface area contributed by atoms with Crippen molar-refractivity contribution in [3.63, 3.8) is 0 Å². The van der Waals surface area contributed by atoms with Crippen molar-refractivity contribution in [2.24, 2.45) is 0 Å². The molecule has 0 heteroatoms. The van der Waals surface area contributed by atoms with E-state index in [4.69, 9.17) is 0 Å². The van der Waals surface area contributed by atoms with Crippen LogP contribution in [0.25, 0.3) is 76.8 Å². The Morgan fingerprint density at radius 1 is 0.368 bits per heavy atom. The van der Waals surface area contributed by atoms with Gasteiger partial charge in [0.05, 0.1) is 0 Å².